The molecule has 0 aromatic rings. The fourth-order valence-electron chi connectivity index (χ4n) is 9.18. The van der Waals surface area contributed by atoms with Crippen LogP contribution in [0.3, 0.4) is 0 Å². The van der Waals surface area contributed by atoms with E-state index in [0.717, 1.165) is 116 Å². The molecule has 0 amide bonds. The van der Waals surface area contributed by atoms with Crippen molar-refractivity contribution < 1.29 is 28.6 Å². The van der Waals surface area contributed by atoms with Crippen LogP contribution < -0.4 is 0 Å². The first-order valence-electron chi connectivity index (χ1n) is 32.7. The Labute approximate surface area is 477 Å². The Bertz CT molecular complexity index is 1510. The molecule has 0 aromatic heterocycles. The summed E-state index contributed by atoms with van der Waals surface area (Å²) in [7, 11) is 0. The number of allylic oxidation sites excluding steroid dienone is 16. The Morgan fingerprint density at radius 3 is 0.818 bits per heavy atom. The number of unbranched alkanes of at least 4 members (excludes halogenated alkanes) is 32. The SMILES string of the molecule is CC/C=C\C/C=C\C/C=C\C/C=C\C/C=C\C/C=C\C/C=C\CCCCCCCCCCCCCC(=O)OCC(COC(=O)CCCCCCCCCCCCCCC)OC(=O)CCCCCCC/C=C\CCCCCC. The van der Waals surface area contributed by atoms with E-state index in [1.165, 1.54) is 161 Å². The van der Waals surface area contributed by atoms with Crippen LogP contribution in [0.1, 0.15) is 316 Å². The summed E-state index contributed by atoms with van der Waals surface area (Å²) in [4.78, 5) is 38.2. The number of carbonyl (C=O) groups is 3. The van der Waals surface area contributed by atoms with Crippen molar-refractivity contribution in [3.63, 3.8) is 0 Å². The van der Waals surface area contributed by atoms with Crippen LogP contribution in [-0.4, -0.2) is 37.2 Å². The van der Waals surface area contributed by atoms with Crippen LogP contribution in [0, 0.1) is 0 Å². The van der Waals surface area contributed by atoms with Gasteiger partial charge < -0.3 is 14.2 Å². The predicted octanol–water partition coefficient (Wildman–Crippen LogP) is 22.4. The van der Waals surface area contributed by atoms with Gasteiger partial charge in [0, 0.05) is 19.3 Å². The third kappa shape index (κ3) is 63.0. The van der Waals surface area contributed by atoms with Crippen LogP contribution in [0.4, 0.5) is 0 Å². The molecule has 6 heteroatoms. The predicted molar refractivity (Wildman–Crippen MR) is 334 cm³/mol. The number of rotatable bonds is 59. The quantitative estimate of drug-likeness (QED) is 0.0261. The molecule has 0 saturated carbocycles. The molecular weight excluding hydrogens is 949 g/mol. The topological polar surface area (TPSA) is 78.9 Å². The highest BCUT2D eigenvalue weighted by Gasteiger charge is 2.19. The highest BCUT2D eigenvalue weighted by atomic mass is 16.6. The average Bonchev–Trinajstić information content (AvgIpc) is 3.43. The molecule has 0 heterocycles. The third-order valence-corrected chi connectivity index (χ3v) is 14.1. The van der Waals surface area contributed by atoms with Crippen LogP contribution in [0.5, 0.6) is 0 Å². The van der Waals surface area contributed by atoms with Gasteiger partial charge in [0.1, 0.15) is 13.2 Å². The van der Waals surface area contributed by atoms with Crippen LogP contribution in [0.2, 0.25) is 0 Å². The molecule has 442 valence electrons. The van der Waals surface area contributed by atoms with E-state index >= 15 is 0 Å². The van der Waals surface area contributed by atoms with Crippen LogP contribution in [0.25, 0.3) is 0 Å². The summed E-state index contributed by atoms with van der Waals surface area (Å²) in [5.74, 6) is -0.878. The van der Waals surface area contributed by atoms with Crippen LogP contribution in [0.15, 0.2) is 97.2 Å². The van der Waals surface area contributed by atoms with Gasteiger partial charge in [-0.3, -0.25) is 14.4 Å². The highest BCUT2D eigenvalue weighted by Crippen LogP contribution is 2.16. The van der Waals surface area contributed by atoms with Gasteiger partial charge in [0.05, 0.1) is 0 Å². The minimum atomic E-state index is -0.780. The van der Waals surface area contributed by atoms with Gasteiger partial charge in [-0.15, -0.1) is 0 Å². The van der Waals surface area contributed by atoms with E-state index in [9.17, 15) is 14.4 Å². The largest absolute Gasteiger partial charge is 0.462 e. The maximum atomic E-state index is 12.9. The Morgan fingerprint density at radius 2 is 0.506 bits per heavy atom. The van der Waals surface area contributed by atoms with Crippen molar-refractivity contribution in [2.24, 2.45) is 0 Å². The van der Waals surface area contributed by atoms with Crippen molar-refractivity contribution in [3.05, 3.63) is 97.2 Å². The highest BCUT2D eigenvalue weighted by molar-refractivity contribution is 5.71. The van der Waals surface area contributed by atoms with E-state index in [1.54, 1.807) is 0 Å². The van der Waals surface area contributed by atoms with E-state index in [4.69, 9.17) is 14.2 Å². The fourth-order valence-corrected chi connectivity index (χ4v) is 9.18. The summed E-state index contributed by atoms with van der Waals surface area (Å²) in [6.07, 6.45) is 87.1. The molecule has 0 rings (SSSR count). The van der Waals surface area contributed by atoms with Gasteiger partial charge in [-0.1, -0.05) is 291 Å². The van der Waals surface area contributed by atoms with Gasteiger partial charge in [-0.2, -0.15) is 0 Å². The van der Waals surface area contributed by atoms with E-state index < -0.39 is 6.10 Å². The lowest BCUT2D eigenvalue weighted by Crippen LogP contribution is -2.30. The maximum Gasteiger partial charge on any atom is 0.306 e. The zero-order chi connectivity index (χ0) is 55.7. The summed E-state index contributed by atoms with van der Waals surface area (Å²) in [5, 5.41) is 0. The first kappa shape index (κ1) is 73.3. The summed E-state index contributed by atoms with van der Waals surface area (Å²) >= 11 is 0. The Hall–Kier alpha value is -3.67. The minimum Gasteiger partial charge on any atom is -0.462 e. The molecule has 77 heavy (non-hydrogen) atoms. The van der Waals surface area contributed by atoms with Crippen molar-refractivity contribution >= 4 is 17.9 Å². The maximum absolute atomic E-state index is 12.9. The molecule has 0 aliphatic rings. The molecule has 0 aliphatic heterocycles. The van der Waals surface area contributed by atoms with Crippen molar-refractivity contribution in [2.45, 2.75) is 322 Å². The Morgan fingerprint density at radius 1 is 0.273 bits per heavy atom. The average molecular weight is 1070 g/mol. The first-order valence-corrected chi connectivity index (χ1v) is 32.7. The van der Waals surface area contributed by atoms with Crippen LogP contribution in [-0.2, 0) is 28.6 Å². The summed E-state index contributed by atoms with van der Waals surface area (Å²) < 4.78 is 16.9. The molecular formula is C71H122O6. The minimum absolute atomic E-state index is 0.0773. The molecule has 1 atom stereocenters. The zero-order valence-corrected chi connectivity index (χ0v) is 50.7. The van der Waals surface area contributed by atoms with E-state index in [1.807, 2.05) is 0 Å². The number of esters is 3. The van der Waals surface area contributed by atoms with Gasteiger partial charge in [0.15, 0.2) is 6.10 Å². The lowest BCUT2D eigenvalue weighted by Gasteiger charge is -2.18. The smallest absolute Gasteiger partial charge is 0.306 e. The molecule has 0 aromatic carbocycles. The standard InChI is InChI=1S/C71H122O6/c1-4-7-10-13-16-19-22-25-26-27-28-29-30-31-32-33-34-35-36-37-38-39-40-41-42-43-44-47-49-52-55-58-61-64-70(73)76-67-68(77-71(74)65-62-59-56-53-50-46-24-21-18-15-12-9-6-3)66-75-69(72)63-60-57-54-51-48-45-23-20-17-14-11-8-5-2/h7,10,16,19,21,24-26,28-29,31-32,34-35,37-38,68H,4-6,8-9,11-15,17-18,20,22-23,27,30,33,36,39-67H2,1-3H3/b10-7-,19-16-,24-21-,26-25-,29-28-,32-31-,35-34-,38-37-. The van der Waals surface area contributed by atoms with Crippen LogP contribution >= 0.6 is 0 Å². The van der Waals surface area contributed by atoms with Gasteiger partial charge in [-0.05, 0) is 103 Å². The van der Waals surface area contributed by atoms with Gasteiger partial charge in [0.25, 0.3) is 0 Å². The molecule has 1 unspecified atom stereocenters. The summed E-state index contributed by atoms with van der Waals surface area (Å²) in [6.45, 7) is 6.52. The molecule has 6 nitrogen and oxygen atoms in total. The number of ether oxygens (including phenoxy) is 3. The van der Waals surface area contributed by atoms with E-state index in [-0.39, 0.29) is 31.1 Å². The number of carbonyl (C=O) groups excluding carboxylic acids is 3. The molecule has 0 spiro atoms. The molecule has 0 fully saturated rings. The Balaban J connectivity index is 4.18. The first-order chi connectivity index (χ1) is 38.0. The number of hydrogen-bond acceptors (Lipinski definition) is 6. The van der Waals surface area contributed by atoms with Gasteiger partial charge in [-0.25, -0.2) is 0 Å². The van der Waals surface area contributed by atoms with E-state index in [2.05, 4.69) is 118 Å². The molecule has 0 saturated heterocycles. The lowest BCUT2D eigenvalue weighted by molar-refractivity contribution is -0.167. The van der Waals surface area contributed by atoms with Gasteiger partial charge >= 0.3 is 17.9 Å². The summed E-state index contributed by atoms with van der Waals surface area (Å²) in [6, 6.07) is 0. The second-order valence-corrected chi connectivity index (χ2v) is 21.6. The van der Waals surface area contributed by atoms with Crippen molar-refractivity contribution in [3.8, 4) is 0 Å². The lowest BCUT2D eigenvalue weighted by atomic mass is 10.0. The Kier molecular flexibility index (Phi) is 61.8. The fraction of sp³-hybridized carbons (Fsp3) is 0.732. The van der Waals surface area contributed by atoms with Crippen molar-refractivity contribution in [1.82, 2.24) is 0 Å². The number of hydrogen-bond donors (Lipinski definition) is 0. The van der Waals surface area contributed by atoms with Gasteiger partial charge in [0.2, 0.25) is 0 Å². The second kappa shape index (κ2) is 64.9. The monoisotopic (exact) mass is 1070 g/mol. The summed E-state index contributed by atoms with van der Waals surface area (Å²) in [5.41, 5.74) is 0. The zero-order valence-electron chi connectivity index (χ0n) is 50.7. The van der Waals surface area contributed by atoms with Crippen molar-refractivity contribution in [1.29, 1.82) is 0 Å². The van der Waals surface area contributed by atoms with E-state index in [0.29, 0.717) is 19.3 Å². The third-order valence-electron chi connectivity index (χ3n) is 14.1. The van der Waals surface area contributed by atoms with Crippen molar-refractivity contribution in [2.75, 3.05) is 13.2 Å². The normalized spacial score (nSPS) is 12.7. The molecule has 0 N–H and O–H groups in total. The molecule has 0 aliphatic carbocycles. The molecule has 0 bridgehead atoms. The second-order valence-electron chi connectivity index (χ2n) is 21.6. The molecule has 0 radical (unpaired) electrons.